The SMILES string of the molecule is C=C(OCC)C1CCC(=NOc2nc3oc(=O)cc(CCCC)c3c(=O)[nH]2)CC1. The second kappa shape index (κ2) is 9.54. The average Bonchev–Trinajstić information content (AvgIpc) is 2.70. The maximum absolute atomic E-state index is 12.5. The van der Waals surface area contributed by atoms with E-state index < -0.39 is 11.2 Å². The largest absolute Gasteiger partial charge is 0.499 e. The molecular formula is C21H27N3O5. The van der Waals surface area contributed by atoms with E-state index in [-0.39, 0.29) is 17.1 Å². The predicted molar refractivity (Wildman–Crippen MR) is 110 cm³/mol. The molecule has 1 N–H and O–H groups in total. The first-order chi connectivity index (χ1) is 14.0. The number of aromatic nitrogens is 2. The lowest BCUT2D eigenvalue weighted by Crippen LogP contribution is -2.18. The molecule has 0 spiro atoms. The zero-order valence-corrected chi connectivity index (χ0v) is 17.0. The average molecular weight is 401 g/mol. The van der Waals surface area contributed by atoms with E-state index in [4.69, 9.17) is 14.0 Å². The van der Waals surface area contributed by atoms with Crippen LogP contribution in [0.3, 0.4) is 0 Å². The van der Waals surface area contributed by atoms with E-state index in [1.807, 2.05) is 13.8 Å². The highest BCUT2D eigenvalue weighted by atomic mass is 16.6. The molecule has 0 atom stereocenters. The summed E-state index contributed by atoms with van der Waals surface area (Å²) in [5, 5.41) is 4.41. The van der Waals surface area contributed by atoms with Crippen molar-refractivity contribution in [1.82, 2.24) is 9.97 Å². The van der Waals surface area contributed by atoms with Gasteiger partial charge in [-0.2, -0.15) is 4.98 Å². The molecule has 8 heteroatoms. The van der Waals surface area contributed by atoms with Crippen LogP contribution in [-0.4, -0.2) is 22.3 Å². The van der Waals surface area contributed by atoms with Crippen molar-refractivity contribution in [3.8, 4) is 6.01 Å². The second-order valence-electron chi connectivity index (χ2n) is 7.17. The predicted octanol–water partition coefficient (Wildman–Crippen LogP) is 3.69. The van der Waals surface area contributed by atoms with Crippen molar-refractivity contribution in [2.24, 2.45) is 11.1 Å². The highest BCUT2D eigenvalue weighted by molar-refractivity contribution is 5.84. The molecule has 0 amide bonds. The lowest BCUT2D eigenvalue weighted by molar-refractivity contribution is 0.183. The van der Waals surface area contributed by atoms with Crippen LogP contribution in [-0.2, 0) is 11.2 Å². The Labute approximate surface area is 168 Å². The zero-order valence-electron chi connectivity index (χ0n) is 17.0. The molecule has 2 aromatic heterocycles. The Balaban J connectivity index is 1.75. The number of unbranched alkanes of at least 4 members (excludes halogenated alkanes) is 1. The number of aromatic amines is 1. The Kier molecular flexibility index (Phi) is 6.85. The van der Waals surface area contributed by atoms with Gasteiger partial charge in [0, 0.05) is 12.0 Å². The first-order valence-corrected chi connectivity index (χ1v) is 10.1. The van der Waals surface area contributed by atoms with Crippen LogP contribution < -0.4 is 16.0 Å². The molecule has 1 saturated carbocycles. The van der Waals surface area contributed by atoms with Crippen LogP contribution in [0.1, 0.15) is 57.9 Å². The number of H-pyrrole nitrogens is 1. The van der Waals surface area contributed by atoms with Crippen molar-refractivity contribution in [2.45, 2.75) is 58.8 Å². The molecule has 0 unspecified atom stereocenters. The van der Waals surface area contributed by atoms with Crippen LogP contribution >= 0.6 is 0 Å². The number of rotatable bonds is 8. The molecule has 3 rings (SSSR count). The number of aryl methyl sites for hydroxylation is 1. The Hall–Kier alpha value is -2.90. The van der Waals surface area contributed by atoms with Crippen molar-refractivity contribution < 1.29 is 14.0 Å². The normalized spacial score (nSPS) is 16.6. The maximum atomic E-state index is 12.5. The maximum Gasteiger partial charge on any atom is 0.337 e. The molecule has 0 radical (unpaired) electrons. The van der Waals surface area contributed by atoms with Gasteiger partial charge in [0.05, 0.1) is 18.1 Å². The molecule has 1 aliphatic carbocycles. The van der Waals surface area contributed by atoms with E-state index in [0.717, 1.165) is 50.0 Å². The number of fused-ring (bicyclic) bond motifs is 1. The third kappa shape index (κ3) is 5.13. The Bertz CT molecular complexity index is 1010. The third-order valence-electron chi connectivity index (χ3n) is 5.08. The van der Waals surface area contributed by atoms with Gasteiger partial charge in [0.1, 0.15) is 5.39 Å². The standard InChI is InChI=1S/C21H27N3O5/c1-4-6-7-15-12-17(25)28-20-18(15)19(26)22-21(23-20)29-24-16-10-8-14(9-11-16)13(3)27-5-2/h12,14H,3-11H2,1-2H3,(H,22,23,26). The van der Waals surface area contributed by atoms with Crippen LogP contribution in [0.25, 0.3) is 11.1 Å². The van der Waals surface area contributed by atoms with Gasteiger partial charge in [0.25, 0.3) is 5.56 Å². The van der Waals surface area contributed by atoms with Gasteiger partial charge in [-0.05, 0) is 51.0 Å². The highest BCUT2D eigenvalue weighted by Crippen LogP contribution is 2.28. The summed E-state index contributed by atoms with van der Waals surface area (Å²) in [6.45, 7) is 8.59. The topological polar surface area (TPSA) is 107 Å². The van der Waals surface area contributed by atoms with Crippen LogP contribution in [0.2, 0.25) is 0 Å². The molecule has 1 fully saturated rings. The molecular weight excluding hydrogens is 374 g/mol. The molecule has 2 heterocycles. The summed E-state index contributed by atoms with van der Waals surface area (Å²) in [6, 6.07) is 1.26. The summed E-state index contributed by atoms with van der Waals surface area (Å²) >= 11 is 0. The van der Waals surface area contributed by atoms with Crippen molar-refractivity contribution in [3.63, 3.8) is 0 Å². The fourth-order valence-corrected chi connectivity index (χ4v) is 3.51. The minimum absolute atomic E-state index is 0.0284. The van der Waals surface area contributed by atoms with Gasteiger partial charge >= 0.3 is 11.6 Å². The highest BCUT2D eigenvalue weighted by Gasteiger charge is 2.21. The minimum Gasteiger partial charge on any atom is -0.499 e. The van der Waals surface area contributed by atoms with Crippen molar-refractivity contribution >= 4 is 16.8 Å². The zero-order chi connectivity index (χ0) is 20.8. The summed E-state index contributed by atoms with van der Waals surface area (Å²) in [4.78, 5) is 36.4. The summed E-state index contributed by atoms with van der Waals surface area (Å²) in [6.07, 6.45) is 5.71. The van der Waals surface area contributed by atoms with Gasteiger partial charge in [0.15, 0.2) is 0 Å². The first-order valence-electron chi connectivity index (χ1n) is 10.1. The summed E-state index contributed by atoms with van der Waals surface area (Å²) in [5.74, 6) is 1.14. The van der Waals surface area contributed by atoms with E-state index >= 15 is 0 Å². The van der Waals surface area contributed by atoms with E-state index in [2.05, 4.69) is 21.7 Å². The lowest BCUT2D eigenvalue weighted by atomic mass is 9.87. The fraction of sp³-hybridized carbons (Fsp3) is 0.524. The fourth-order valence-electron chi connectivity index (χ4n) is 3.51. The van der Waals surface area contributed by atoms with Gasteiger partial charge < -0.3 is 14.0 Å². The van der Waals surface area contributed by atoms with E-state index in [0.29, 0.717) is 24.5 Å². The molecule has 0 bridgehead atoms. The summed E-state index contributed by atoms with van der Waals surface area (Å²) in [7, 11) is 0. The Morgan fingerprint density at radius 1 is 1.34 bits per heavy atom. The molecule has 156 valence electrons. The number of nitrogens with zero attached hydrogens (tertiary/aromatic N) is 2. The van der Waals surface area contributed by atoms with Crippen molar-refractivity contribution in [1.29, 1.82) is 0 Å². The molecule has 1 aliphatic rings. The summed E-state index contributed by atoms with van der Waals surface area (Å²) in [5.41, 5.74) is 0.548. The number of ether oxygens (including phenoxy) is 1. The summed E-state index contributed by atoms with van der Waals surface area (Å²) < 4.78 is 10.6. The van der Waals surface area contributed by atoms with Gasteiger partial charge in [-0.1, -0.05) is 25.1 Å². The minimum atomic E-state index is -0.535. The second-order valence-corrected chi connectivity index (χ2v) is 7.17. The number of allylic oxidation sites excluding steroid dienone is 1. The van der Waals surface area contributed by atoms with E-state index in [9.17, 15) is 9.59 Å². The molecule has 0 aromatic carbocycles. The molecule has 29 heavy (non-hydrogen) atoms. The third-order valence-corrected chi connectivity index (χ3v) is 5.08. The number of hydrogen-bond donors (Lipinski definition) is 1. The van der Waals surface area contributed by atoms with Gasteiger partial charge in [-0.15, -0.1) is 0 Å². The molecule has 2 aromatic rings. The first kappa shape index (κ1) is 20.8. The van der Waals surface area contributed by atoms with Gasteiger partial charge in [0.2, 0.25) is 5.71 Å². The smallest absolute Gasteiger partial charge is 0.337 e. The number of nitrogens with one attached hydrogen (secondary N) is 1. The van der Waals surface area contributed by atoms with E-state index in [1.54, 1.807) is 0 Å². The van der Waals surface area contributed by atoms with E-state index in [1.165, 1.54) is 6.07 Å². The molecule has 0 saturated heterocycles. The monoisotopic (exact) mass is 401 g/mol. The Morgan fingerprint density at radius 2 is 2.10 bits per heavy atom. The lowest BCUT2D eigenvalue weighted by Gasteiger charge is -2.24. The number of oxime groups is 1. The molecule has 0 aliphatic heterocycles. The van der Waals surface area contributed by atoms with Crippen LogP contribution in [0.4, 0.5) is 0 Å². The molecule has 8 nitrogen and oxygen atoms in total. The van der Waals surface area contributed by atoms with Crippen LogP contribution in [0.15, 0.2) is 37.6 Å². The van der Waals surface area contributed by atoms with Gasteiger partial charge in [-0.3, -0.25) is 9.78 Å². The quantitative estimate of drug-likeness (QED) is 0.534. The van der Waals surface area contributed by atoms with Crippen LogP contribution in [0, 0.1) is 5.92 Å². The van der Waals surface area contributed by atoms with Crippen LogP contribution in [0.5, 0.6) is 6.01 Å². The number of hydrogen-bond acceptors (Lipinski definition) is 7. The Morgan fingerprint density at radius 3 is 2.79 bits per heavy atom. The van der Waals surface area contributed by atoms with Crippen molar-refractivity contribution in [3.05, 3.63) is 44.7 Å². The van der Waals surface area contributed by atoms with Crippen molar-refractivity contribution in [2.75, 3.05) is 6.61 Å². The van der Waals surface area contributed by atoms with Gasteiger partial charge in [-0.25, -0.2) is 4.79 Å².